The monoisotopic (exact) mass is 297 g/mol. The number of aromatic nitrogens is 1. The maximum absolute atomic E-state index is 12.2. The molecule has 2 rings (SSSR count). The SMILES string of the molecule is CCNc1nc(N)c(C(=O)NC2CCC(=O)N(C)C2)s1. The van der Waals surface area contributed by atoms with Crippen molar-refractivity contribution in [2.45, 2.75) is 25.8 Å². The van der Waals surface area contributed by atoms with E-state index >= 15 is 0 Å². The van der Waals surface area contributed by atoms with Gasteiger partial charge in [0.2, 0.25) is 5.91 Å². The van der Waals surface area contributed by atoms with E-state index in [2.05, 4.69) is 15.6 Å². The predicted molar refractivity (Wildman–Crippen MR) is 78.8 cm³/mol. The fourth-order valence-corrected chi connectivity index (χ4v) is 2.96. The van der Waals surface area contributed by atoms with Crippen molar-refractivity contribution in [2.24, 2.45) is 0 Å². The van der Waals surface area contributed by atoms with Crippen LogP contribution in [-0.4, -0.2) is 47.9 Å². The van der Waals surface area contributed by atoms with Gasteiger partial charge in [-0.1, -0.05) is 11.3 Å². The first-order chi connectivity index (χ1) is 9.51. The smallest absolute Gasteiger partial charge is 0.265 e. The van der Waals surface area contributed by atoms with Gasteiger partial charge in [-0.15, -0.1) is 0 Å². The van der Waals surface area contributed by atoms with Crippen molar-refractivity contribution in [3.05, 3.63) is 4.88 Å². The van der Waals surface area contributed by atoms with Crippen LogP contribution in [0.4, 0.5) is 10.9 Å². The van der Waals surface area contributed by atoms with Crippen molar-refractivity contribution >= 4 is 34.1 Å². The highest BCUT2D eigenvalue weighted by atomic mass is 32.1. The lowest BCUT2D eigenvalue weighted by molar-refractivity contribution is -0.132. The average molecular weight is 297 g/mol. The zero-order chi connectivity index (χ0) is 14.7. The van der Waals surface area contributed by atoms with Crippen LogP contribution in [0.3, 0.4) is 0 Å². The molecule has 2 heterocycles. The molecule has 1 atom stereocenters. The number of nitrogen functional groups attached to an aromatic ring is 1. The number of amides is 2. The summed E-state index contributed by atoms with van der Waals surface area (Å²) in [5.41, 5.74) is 5.76. The van der Waals surface area contributed by atoms with E-state index in [1.165, 1.54) is 11.3 Å². The summed E-state index contributed by atoms with van der Waals surface area (Å²) in [6.45, 7) is 3.21. The highest BCUT2D eigenvalue weighted by Gasteiger charge is 2.26. The molecule has 1 aliphatic heterocycles. The van der Waals surface area contributed by atoms with Crippen LogP contribution in [0.25, 0.3) is 0 Å². The molecule has 1 fully saturated rings. The molecule has 4 N–H and O–H groups in total. The number of nitrogens with two attached hydrogens (primary N) is 1. The number of piperidine rings is 1. The van der Waals surface area contributed by atoms with E-state index in [0.29, 0.717) is 29.4 Å². The quantitative estimate of drug-likeness (QED) is 0.752. The van der Waals surface area contributed by atoms with Crippen molar-refractivity contribution in [3.8, 4) is 0 Å². The van der Waals surface area contributed by atoms with Crippen LogP contribution in [0.1, 0.15) is 29.4 Å². The first kappa shape index (κ1) is 14.6. The van der Waals surface area contributed by atoms with E-state index in [1.807, 2.05) is 6.92 Å². The van der Waals surface area contributed by atoms with Gasteiger partial charge >= 0.3 is 0 Å². The van der Waals surface area contributed by atoms with Gasteiger partial charge in [-0.05, 0) is 13.3 Å². The molecule has 1 aliphatic rings. The molecule has 20 heavy (non-hydrogen) atoms. The van der Waals surface area contributed by atoms with Gasteiger partial charge in [0, 0.05) is 32.6 Å². The highest BCUT2D eigenvalue weighted by Crippen LogP contribution is 2.25. The third-order valence-corrected chi connectivity index (χ3v) is 4.18. The number of likely N-dealkylation sites (tertiary alicyclic amines) is 1. The second-order valence-corrected chi connectivity index (χ2v) is 5.75. The number of hydrogen-bond acceptors (Lipinski definition) is 6. The third kappa shape index (κ3) is 3.19. The van der Waals surface area contributed by atoms with Crippen LogP contribution in [0.5, 0.6) is 0 Å². The van der Waals surface area contributed by atoms with Crippen molar-refractivity contribution < 1.29 is 9.59 Å². The van der Waals surface area contributed by atoms with Crippen LogP contribution in [-0.2, 0) is 4.79 Å². The van der Waals surface area contributed by atoms with E-state index in [-0.39, 0.29) is 23.7 Å². The van der Waals surface area contributed by atoms with Gasteiger partial charge < -0.3 is 21.3 Å². The normalized spacial score (nSPS) is 19.0. The van der Waals surface area contributed by atoms with Gasteiger partial charge in [0.15, 0.2) is 5.13 Å². The van der Waals surface area contributed by atoms with Crippen molar-refractivity contribution in [3.63, 3.8) is 0 Å². The van der Waals surface area contributed by atoms with E-state index in [9.17, 15) is 9.59 Å². The molecule has 1 saturated heterocycles. The lowest BCUT2D eigenvalue weighted by atomic mass is 10.1. The van der Waals surface area contributed by atoms with E-state index in [4.69, 9.17) is 5.73 Å². The molecule has 0 bridgehead atoms. The Kier molecular flexibility index (Phi) is 4.43. The number of likely N-dealkylation sites (N-methyl/N-ethyl adjacent to an activating group) is 1. The predicted octanol–water partition coefficient (Wildman–Crippen LogP) is 0.508. The van der Waals surface area contributed by atoms with E-state index in [0.717, 1.165) is 6.54 Å². The fraction of sp³-hybridized carbons (Fsp3) is 0.583. The average Bonchev–Trinajstić information content (AvgIpc) is 2.75. The number of rotatable bonds is 4. The molecule has 0 radical (unpaired) electrons. The Balaban J connectivity index is 1.99. The van der Waals surface area contributed by atoms with Crippen LogP contribution in [0.15, 0.2) is 0 Å². The van der Waals surface area contributed by atoms with Crippen LogP contribution < -0.4 is 16.4 Å². The van der Waals surface area contributed by atoms with Crippen LogP contribution in [0, 0.1) is 0 Å². The summed E-state index contributed by atoms with van der Waals surface area (Å²) >= 11 is 1.24. The molecule has 1 aromatic heterocycles. The minimum absolute atomic E-state index is 0.0331. The molecule has 1 unspecified atom stereocenters. The van der Waals surface area contributed by atoms with Gasteiger partial charge in [0.05, 0.1) is 0 Å². The first-order valence-corrected chi connectivity index (χ1v) is 7.38. The number of nitrogens with zero attached hydrogens (tertiary/aromatic N) is 2. The maximum atomic E-state index is 12.2. The van der Waals surface area contributed by atoms with Gasteiger partial charge in [-0.3, -0.25) is 9.59 Å². The Hall–Kier alpha value is -1.83. The Morgan fingerprint density at radius 3 is 3.00 bits per heavy atom. The number of carbonyl (C=O) groups is 2. The minimum Gasteiger partial charge on any atom is -0.382 e. The lowest BCUT2D eigenvalue weighted by Gasteiger charge is -2.29. The maximum Gasteiger partial charge on any atom is 0.265 e. The number of carbonyl (C=O) groups excluding carboxylic acids is 2. The Morgan fingerprint density at radius 1 is 1.60 bits per heavy atom. The van der Waals surface area contributed by atoms with Crippen LogP contribution in [0.2, 0.25) is 0 Å². The number of hydrogen-bond donors (Lipinski definition) is 3. The van der Waals surface area contributed by atoms with E-state index in [1.54, 1.807) is 11.9 Å². The largest absolute Gasteiger partial charge is 0.382 e. The number of nitrogens with one attached hydrogen (secondary N) is 2. The van der Waals surface area contributed by atoms with Gasteiger partial charge in [0.1, 0.15) is 10.7 Å². The number of anilines is 2. The second-order valence-electron chi connectivity index (χ2n) is 4.75. The highest BCUT2D eigenvalue weighted by molar-refractivity contribution is 7.18. The Bertz CT molecular complexity index is 516. The summed E-state index contributed by atoms with van der Waals surface area (Å²) in [4.78, 5) is 29.7. The summed E-state index contributed by atoms with van der Waals surface area (Å²) in [5.74, 6) is 0.128. The van der Waals surface area contributed by atoms with Gasteiger partial charge in [0.25, 0.3) is 5.91 Å². The molecule has 1 aromatic rings. The standard InChI is InChI=1S/C12H19N5O2S/c1-3-14-12-16-10(13)9(20-12)11(19)15-7-4-5-8(18)17(2)6-7/h7H,3-6,13H2,1-2H3,(H,14,16)(H,15,19). The van der Waals surface area contributed by atoms with Crippen molar-refractivity contribution in [1.29, 1.82) is 0 Å². The summed E-state index contributed by atoms with van der Waals surface area (Å²) in [6, 6.07) is -0.0331. The molecule has 0 saturated carbocycles. The summed E-state index contributed by atoms with van der Waals surface area (Å²) in [5, 5.41) is 6.59. The topological polar surface area (TPSA) is 100 Å². The molecule has 0 aliphatic carbocycles. The molecule has 110 valence electrons. The summed E-state index contributed by atoms with van der Waals surface area (Å²) < 4.78 is 0. The van der Waals surface area contributed by atoms with Crippen molar-refractivity contribution in [2.75, 3.05) is 31.2 Å². The molecule has 8 heteroatoms. The van der Waals surface area contributed by atoms with E-state index < -0.39 is 0 Å². The summed E-state index contributed by atoms with van der Waals surface area (Å²) in [7, 11) is 1.74. The number of thiazole rings is 1. The Labute approximate surface area is 121 Å². The summed E-state index contributed by atoms with van der Waals surface area (Å²) in [6.07, 6.45) is 1.12. The third-order valence-electron chi connectivity index (χ3n) is 3.15. The van der Waals surface area contributed by atoms with Gasteiger partial charge in [-0.25, -0.2) is 4.98 Å². The van der Waals surface area contributed by atoms with Crippen LogP contribution >= 0.6 is 11.3 Å². The van der Waals surface area contributed by atoms with Crippen molar-refractivity contribution in [1.82, 2.24) is 15.2 Å². The molecule has 2 amide bonds. The molecule has 0 spiro atoms. The minimum atomic E-state index is -0.225. The molecular formula is C12H19N5O2S. The zero-order valence-electron chi connectivity index (χ0n) is 11.6. The van der Waals surface area contributed by atoms with Gasteiger partial charge in [-0.2, -0.15) is 0 Å². The second kappa shape index (κ2) is 6.08. The molecular weight excluding hydrogens is 278 g/mol. The zero-order valence-corrected chi connectivity index (χ0v) is 12.4. The molecule has 7 nitrogen and oxygen atoms in total. The lowest BCUT2D eigenvalue weighted by Crippen LogP contribution is -2.48. The molecule has 0 aromatic carbocycles. The Morgan fingerprint density at radius 2 is 2.35 bits per heavy atom. The fourth-order valence-electron chi connectivity index (χ4n) is 2.10. The first-order valence-electron chi connectivity index (χ1n) is 6.56.